The standard InChI is InChI=1S/C27H34N6O2S/c1-4-5-15-35-21-11-9-20(10-12-21)22-16-23-26-29-30-27(32(26)13-14-33(23)31-22)36-17-24(34)28-25-18(2)7-6-8-19(25)3/h6-14,22-23,26,29,31H,4-5,15-17H2,1-3H3,(H,28,34). The highest BCUT2D eigenvalue weighted by Gasteiger charge is 2.44. The lowest BCUT2D eigenvalue weighted by atomic mass is 10.00. The maximum Gasteiger partial charge on any atom is 0.234 e. The predicted octanol–water partition coefficient (Wildman–Crippen LogP) is 4.46. The van der Waals surface area contributed by atoms with Crippen molar-refractivity contribution in [1.29, 1.82) is 0 Å². The Morgan fingerprint density at radius 3 is 2.69 bits per heavy atom. The molecule has 5 rings (SSSR count). The maximum atomic E-state index is 12.6. The van der Waals surface area contributed by atoms with Gasteiger partial charge in [0.25, 0.3) is 0 Å². The number of nitrogens with zero attached hydrogens (tertiary/aromatic N) is 3. The number of fused-ring (bicyclic) bond motifs is 3. The summed E-state index contributed by atoms with van der Waals surface area (Å²) in [6.45, 7) is 6.94. The number of rotatable bonds is 8. The molecule has 3 aliphatic rings. The van der Waals surface area contributed by atoms with Crippen molar-refractivity contribution in [2.24, 2.45) is 5.10 Å². The van der Waals surface area contributed by atoms with Crippen LogP contribution in [0.3, 0.4) is 0 Å². The summed E-state index contributed by atoms with van der Waals surface area (Å²) in [5, 5.41) is 10.6. The summed E-state index contributed by atoms with van der Waals surface area (Å²) in [5.74, 6) is 1.19. The lowest BCUT2D eigenvalue weighted by Crippen LogP contribution is -2.54. The molecule has 3 heterocycles. The summed E-state index contributed by atoms with van der Waals surface area (Å²) in [7, 11) is 0. The number of para-hydroxylation sites is 1. The van der Waals surface area contributed by atoms with E-state index >= 15 is 0 Å². The second-order valence-electron chi connectivity index (χ2n) is 9.44. The van der Waals surface area contributed by atoms with Gasteiger partial charge in [-0.2, -0.15) is 5.10 Å². The van der Waals surface area contributed by atoms with Gasteiger partial charge in [0.1, 0.15) is 11.9 Å². The summed E-state index contributed by atoms with van der Waals surface area (Å²) in [4.78, 5) is 14.8. The number of thioether (sulfide) groups is 1. The number of hydrazine groups is 1. The van der Waals surface area contributed by atoms with Crippen molar-refractivity contribution in [3.05, 3.63) is 71.6 Å². The number of hydrogen-bond acceptors (Lipinski definition) is 8. The van der Waals surface area contributed by atoms with Crippen LogP contribution in [0.2, 0.25) is 0 Å². The SMILES string of the molecule is CCCCOc1ccc(C2CC3C4NN=C(SCC(=O)Nc5c(C)cccc5C)N4C=CN3N2)cc1. The molecule has 0 aromatic heterocycles. The van der Waals surface area contributed by atoms with E-state index < -0.39 is 0 Å². The third-order valence-electron chi connectivity index (χ3n) is 6.83. The Labute approximate surface area is 217 Å². The molecule has 0 aliphatic carbocycles. The summed E-state index contributed by atoms with van der Waals surface area (Å²) < 4.78 is 5.81. The van der Waals surface area contributed by atoms with Crippen molar-refractivity contribution in [2.45, 2.75) is 58.3 Å². The van der Waals surface area contributed by atoms with Gasteiger partial charge in [-0.05, 0) is 55.5 Å². The minimum atomic E-state index is -0.0316. The second kappa shape index (κ2) is 10.8. The molecule has 1 fully saturated rings. The fraction of sp³-hybridized carbons (Fsp3) is 0.407. The lowest BCUT2D eigenvalue weighted by Gasteiger charge is -2.36. The van der Waals surface area contributed by atoms with Gasteiger partial charge in [0.2, 0.25) is 5.91 Å². The molecule has 3 aliphatic heterocycles. The quantitative estimate of drug-likeness (QED) is 0.456. The molecule has 36 heavy (non-hydrogen) atoms. The highest BCUT2D eigenvalue weighted by Crippen LogP contribution is 2.35. The third kappa shape index (κ3) is 5.17. The fourth-order valence-corrected chi connectivity index (χ4v) is 5.59. The average molecular weight is 507 g/mol. The highest BCUT2D eigenvalue weighted by atomic mass is 32.2. The number of carbonyl (C=O) groups is 1. The van der Waals surface area contributed by atoms with Crippen molar-refractivity contribution in [1.82, 2.24) is 20.8 Å². The van der Waals surface area contributed by atoms with Crippen LogP contribution < -0.4 is 20.9 Å². The van der Waals surface area contributed by atoms with Crippen LogP contribution in [0.25, 0.3) is 0 Å². The molecule has 190 valence electrons. The number of carbonyl (C=O) groups excluding carboxylic acids is 1. The lowest BCUT2D eigenvalue weighted by molar-refractivity contribution is -0.113. The third-order valence-corrected chi connectivity index (χ3v) is 7.80. The van der Waals surface area contributed by atoms with Crippen molar-refractivity contribution < 1.29 is 9.53 Å². The van der Waals surface area contributed by atoms with Gasteiger partial charge in [0.15, 0.2) is 5.17 Å². The Balaban J connectivity index is 1.15. The first-order valence-electron chi connectivity index (χ1n) is 12.6. The number of amidine groups is 1. The Hall–Kier alpha value is -3.17. The zero-order chi connectivity index (χ0) is 25.1. The van der Waals surface area contributed by atoms with Crippen LogP contribution in [0, 0.1) is 13.8 Å². The van der Waals surface area contributed by atoms with Crippen molar-refractivity contribution in [3.8, 4) is 5.75 Å². The number of ether oxygens (including phenoxy) is 1. The number of amides is 1. The number of benzene rings is 2. The monoisotopic (exact) mass is 506 g/mol. The van der Waals surface area contributed by atoms with Gasteiger partial charge in [-0.3, -0.25) is 10.2 Å². The van der Waals surface area contributed by atoms with Crippen LogP contribution >= 0.6 is 11.8 Å². The molecule has 3 N–H and O–H groups in total. The van der Waals surface area contributed by atoms with Gasteiger partial charge in [-0.15, -0.1) is 0 Å². The molecular formula is C27H34N6O2S. The first-order chi connectivity index (χ1) is 17.5. The molecular weight excluding hydrogens is 472 g/mol. The van der Waals surface area contributed by atoms with E-state index in [1.807, 2.05) is 38.2 Å². The van der Waals surface area contributed by atoms with E-state index in [2.05, 4.69) is 68.6 Å². The number of anilines is 1. The largest absolute Gasteiger partial charge is 0.494 e. The summed E-state index contributed by atoms with van der Waals surface area (Å²) >= 11 is 1.45. The van der Waals surface area contributed by atoms with E-state index in [0.29, 0.717) is 5.75 Å². The summed E-state index contributed by atoms with van der Waals surface area (Å²) in [6.07, 6.45) is 7.24. The number of hydrogen-bond donors (Lipinski definition) is 3. The van der Waals surface area contributed by atoms with Gasteiger partial charge in [-0.1, -0.05) is 55.4 Å². The Morgan fingerprint density at radius 1 is 1.17 bits per heavy atom. The van der Waals surface area contributed by atoms with Crippen molar-refractivity contribution in [3.63, 3.8) is 0 Å². The van der Waals surface area contributed by atoms with Crippen LogP contribution in [0.15, 0.2) is 60.0 Å². The Bertz CT molecular complexity index is 1130. The number of nitrogens with one attached hydrogen (secondary N) is 3. The first kappa shape index (κ1) is 24.5. The second-order valence-corrected chi connectivity index (χ2v) is 10.4. The van der Waals surface area contributed by atoms with E-state index in [4.69, 9.17) is 4.74 Å². The number of hydrazone groups is 1. The van der Waals surface area contributed by atoms with Crippen LogP contribution in [0.1, 0.15) is 48.9 Å². The molecule has 8 nitrogen and oxygen atoms in total. The zero-order valence-electron chi connectivity index (χ0n) is 21.0. The molecule has 0 radical (unpaired) electrons. The molecule has 2 aromatic rings. The van der Waals surface area contributed by atoms with Crippen LogP contribution in [-0.4, -0.2) is 45.6 Å². The van der Waals surface area contributed by atoms with Gasteiger partial charge >= 0.3 is 0 Å². The molecule has 1 saturated heterocycles. The zero-order valence-corrected chi connectivity index (χ0v) is 21.8. The average Bonchev–Trinajstić information content (AvgIpc) is 3.50. The minimum Gasteiger partial charge on any atom is -0.494 e. The van der Waals surface area contributed by atoms with Crippen molar-refractivity contribution >= 4 is 28.5 Å². The van der Waals surface area contributed by atoms with Crippen LogP contribution in [0.4, 0.5) is 5.69 Å². The van der Waals surface area contributed by atoms with Crippen LogP contribution in [0.5, 0.6) is 5.75 Å². The molecule has 1 amide bonds. The van der Waals surface area contributed by atoms with Gasteiger partial charge in [0, 0.05) is 18.1 Å². The van der Waals surface area contributed by atoms with Gasteiger partial charge < -0.3 is 20.0 Å². The Morgan fingerprint density at radius 2 is 1.94 bits per heavy atom. The summed E-state index contributed by atoms with van der Waals surface area (Å²) in [6, 6.07) is 14.9. The molecule has 0 bridgehead atoms. The number of aryl methyl sites for hydroxylation is 2. The van der Waals surface area contributed by atoms with E-state index in [1.165, 1.54) is 17.3 Å². The Kier molecular flexibility index (Phi) is 7.38. The van der Waals surface area contributed by atoms with E-state index in [9.17, 15) is 4.79 Å². The normalized spacial score (nSPS) is 22.1. The first-order valence-corrected chi connectivity index (χ1v) is 13.6. The molecule has 0 spiro atoms. The minimum absolute atomic E-state index is 0.0216. The molecule has 3 atom stereocenters. The highest BCUT2D eigenvalue weighted by molar-refractivity contribution is 8.14. The van der Waals surface area contributed by atoms with E-state index in [0.717, 1.165) is 53.6 Å². The predicted molar refractivity (Wildman–Crippen MR) is 145 cm³/mol. The molecule has 2 aromatic carbocycles. The van der Waals surface area contributed by atoms with Crippen molar-refractivity contribution in [2.75, 3.05) is 17.7 Å². The topological polar surface area (TPSA) is 81.2 Å². The van der Waals surface area contributed by atoms with Gasteiger partial charge in [-0.25, -0.2) is 5.43 Å². The molecule has 9 heteroatoms. The van der Waals surface area contributed by atoms with E-state index in [1.54, 1.807) is 0 Å². The fourth-order valence-electron chi connectivity index (χ4n) is 4.82. The smallest absolute Gasteiger partial charge is 0.234 e. The summed E-state index contributed by atoms with van der Waals surface area (Å²) in [5.41, 5.74) is 11.2. The maximum absolute atomic E-state index is 12.6. The molecule has 3 unspecified atom stereocenters. The molecule has 0 saturated carbocycles. The number of unbranched alkanes of at least 4 members (excludes halogenated alkanes) is 1. The van der Waals surface area contributed by atoms with Gasteiger partial charge in [0.05, 0.1) is 24.4 Å². The van der Waals surface area contributed by atoms with Crippen LogP contribution in [-0.2, 0) is 4.79 Å². The van der Waals surface area contributed by atoms with E-state index in [-0.39, 0.29) is 24.2 Å².